The van der Waals surface area contributed by atoms with Crippen molar-refractivity contribution in [3.63, 3.8) is 0 Å². The number of hydrogen-bond acceptors (Lipinski definition) is 3. The molecule has 2 rings (SSSR count). The average Bonchev–Trinajstić information content (AvgIpc) is 2.64. The fraction of sp³-hybridized carbons (Fsp3) is 0.333. The van der Waals surface area contributed by atoms with Gasteiger partial charge in [-0.2, -0.15) is 0 Å². The van der Waals surface area contributed by atoms with E-state index in [4.69, 9.17) is 4.74 Å². The number of ether oxygens (including phenoxy) is 1. The van der Waals surface area contributed by atoms with E-state index in [1.807, 2.05) is 62.4 Å². The maximum absolute atomic E-state index is 12.8. The molecule has 5 nitrogen and oxygen atoms in total. The van der Waals surface area contributed by atoms with Crippen LogP contribution in [0.2, 0.25) is 0 Å². The molecule has 5 heteroatoms. The number of nitrogens with one attached hydrogen (secondary N) is 1. The van der Waals surface area contributed by atoms with E-state index in [1.54, 1.807) is 18.9 Å². The van der Waals surface area contributed by atoms with Crippen molar-refractivity contribution < 1.29 is 14.3 Å². The van der Waals surface area contributed by atoms with Crippen LogP contribution >= 0.6 is 0 Å². The number of amides is 2. The van der Waals surface area contributed by atoms with Gasteiger partial charge in [0.2, 0.25) is 5.91 Å². The first-order chi connectivity index (χ1) is 12.4. The third kappa shape index (κ3) is 5.34. The maximum Gasteiger partial charge on any atom is 0.261 e. The van der Waals surface area contributed by atoms with E-state index >= 15 is 0 Å². The number of carbonyl (C=O) groups excluding carboxylic acids is 2. The fourth-order valence-corrected chi connectivity index (χ4v) is 2.66. The summed E-state index contributed by atoms with van der Waals surface area (Å²) >= 11 is 0. The van der Waals surface area contributed by atoms with Crippen molar-refractivity contribution in [1.29, 1.82) is 0 Å². The molecule has 0 saturated carbocycles. The molecule has 2 aromatic carbocycles. The highest BCUT2D eigenvalue weighted by molar-refractivity contribution is 5.87. The number of benzene rings is 2. The molecule has 0 heterocycles. The zero-order valence-corrected chi connectivity index (χ0v) is 15.8. The summed E-state index contributed by atoms with van der Waals surface area (Å²) in [7, 11) is 1.57. The molecule has 0 aliphatic heterocycles. The Hall–Kier alpha value is -2.82. The fourth-order valence-electron chi connectivity index (χ4n) is 2.66. The summed E-state index contributed by atoms with van der Waals surface area (Å²) in [4.78, 5) is 26.4. The summed E-state index contributed by atoms with van der Waals surface area (Å²) in [5.41, 5.74) is 3.21. The molecular weight excluding hydrogens is 328 g/mol. The quantitative estimate of drug-likeness (QED) is 0.832. The van der Waals surface area contributed by atoms with Crippen LogP contribution in [0.1, 0.15) is 23.6 Å². The van der Waals surface area contributed by atoms with Crippen molar-refractivity contribution in [2.45, 2.75) is 33.4 Å². The number of carbonyl (C=O) groups is 2. The Morgan fingerprint density at radius 2 is 1.77 bits per heavy atom. The highest BCUT2D eigenvalue weighted by Crippen LogP contribution is 2.14. The molecule has 0 aliphatic carbocycles. The van der Waals surface area contributed by atoms with E-state index in [0.717, 1.165) is 16.7 Å². The molecule has 0 spiro atoms. The van der Waals surface area contributed by atoms with Gasteiger partial charge in [0, 0.05) is 13.6 Å². The second-order valence-electron chi connectivity index (χ2n) is 6.40. The van der Waals surface area contributed by atoms with Crippen LogP contribution in [0.15, 0.2) is 48.5 Å². The van der Waals surface area contributed by atoms with Gasteiger partial charge in [0.1, 0.15) is 11.8 Å². The molecule has 1 N–H and O–H groups in total. The second kappa shape index (κ2) is 9.04. The first-order valence-corrected chi connectivity index (χ1v) is 8.66. The van der Waals surface area contributed by atoms with Crippen molar-refractivity contribution in [2.24, 2.45) is 0 Å². The minimum atomic E-state index is -0.588. The van der Waals surface area contributed by atoms with E-state index in [-0.39, 0.29) is 18.4 Å². The van der Waals surface area contributed by atoms with Crippen LogP contribution in [0.5, 0.6) is 5.75 Å². The molecular formula is C21H26N2O3. The van der Waals surface area contributed by atoms with Gasteiger partial charge in [0.05, 0.1) is 0 Å². The Labute approximate surface area is 155 Å². The summed E-state index contributed by atoms with van der Waals surface area (Å²) in [5.74, 6) is 0.191. The third-order valence-corrected chi connectivity index (χ3v) is 4.23. The zero-order chi connectivity index (χ0) is 19.1. The smallest absolute Gasteiger partial charge is 0.261 e. The largest absolute Gasteiger partial charge is 0.484 e. The summed E-state index contributed by atoms with van der Waals surface area (Å²) < 4.78 is 5.61. The lowest BCUT2D eigenvalue weighted by atomic mass is 10.1. The van der Waals surface area contributed by atoms with Crippen LogP contribution in [-0.4, -0.2) is 36.4 Å². The summed E-state index contributed by atoms with van der Waals surface area (Å²) in [6.07, 6.45) is 0. The highest BCUT2D eigenvalue weighted by atomic mass is 16.5. The van der Waals surface area contributed by atoms with Crippen LogP contribution < -0.4 is 10.1 Å². The van der Waals surface area contributed by atoms with Crippen molar-refractivity contribution in [3.8, 4) is 5.75 Å². The maximum atomic E-state index is 12.8. The highest BCUT2D eigenvalue weighted by Gasteiger charge is 2.25. The Morgan fingerprint density at radius 1 is 1.08 bits per heavy atom. The number of nitrogens with zero attached hydrogens (tertiary/aromatic N) is 1. The Kier molecular flexibility index (Phi) is 6.78. The van der Waals surface area contributed by atoms with Gasteiger partial charge in [-0.25, -0.2) is 0 Å². The second-order valence-corrected chi connectivity index (χ2v) is 6.40. The average molecular weight is 354 g/mol. The number of hydrogen-bond donors (Lipinski definition) is 1. The molecule has 26 heavy (non-hydrogen) atoms. The van der Waals surface area contributed by atoms with Gasteiger partial charge in [0.15, 0.2) is 6.61 Å². The number of rotatable bonds is 7. The molecule has 0 bridgehead atoms. The van der Waals surface area contributed by atoms with E-state index in [0.29, 0.717) is 12.3 Å². The lowest BCUT2D eigenvalue weighted by Crippen LogP contribution is -2.48. The Balaban J connectivity index is 2.12. The van der Waals surface area contributed by atoms with Crippen LogP contribution in [0, 0.1) is 13.8 Å². The predicted molar refractivity (Wildman–Crippen MR) is 102 cm³/mol. The lowest BCUT2D eigenvalue weighted by molar-refractivity contribution is -0.142. The Morgan fingerprint density at radius 3 is 2.38 bits per heavy atom. The topological polar surface area (TPSA) is 58.6 Å². The minimum Gasteiger partial charge on any atom is -0.484 e. The summed E-state index contributed by atoms with van der Waals surface area (Å²) in [5, 5.41) is 2.60. The van der Waals surface area contributed by atoms with Gasteiger partial charge in [-0.3, -0.25) is 9.59 Å². The molecule has 0 aromatic heterocycles. The van der Waals surface area contributed by atoms with Crippen LogP contribution in [-0.2, 0) is 16.1 Å². The van der Waals surface area contributed by atoms with Crippen molar-refractivity contribution in [1.82, 2.24) is 10.2 Å². The van der Waals surface area contributed by atoms with Crippen molar-refractivity contribution in [3.05, 3.63) is 65.2 Å². The molecule has 0 fully saturated rings. The Bertz CT molecular complexity index is 756. The monoisotopic (exact) mass is 354 g/mol. The first-order valence-electron chi connectivity index (χ1n) is 8.66. The summed E-state index contributed by atoms with van der Waals surface area (Å²) in [6.45, 7) is 5.95. The number of aryl methyl sites for hydroxylation is 2. The van der Waals surface area contributed by atoms with E-state index in [2.05, 4.69) is 5.32 Å². The zero-order valence-electron chi connectivity index (χ0n) is 15.8. The third-order valence-electron chi connectivity index (χ3n) is 4.23. The molecule has 1 unspecified atom stereocenters. The van der Waals surface area contributed by atoms with E-state index in [1.165, 1.54) is 0 Å². The normalized spacial score (nSPS) is 11.5. The van der Waals surface area contributed by atoms with Gasteiger partial charge in [-0.1, -0.05) is 47.5 Å². The van der Waals surface area contributed by atoms with Crippen molar-refractivity contribution >= 4 is 11.8 Å². The van der Waals surface area contributed by atoms with Crippen LogP contribution in [0.3, 0.4) is 0 Å². The van der Waals surface area contributed by atoms with Gasteiger partial charge >= 0.3 is 0 Å². The molecule has 2 amide bonds. The van der Waals surface area contributed by atoms with Gasteiger partial charge in [0.25, 0.3) is 5.91 Å². The molecule has 1 atom stereocenters. The molecule has 0 aliphatic rings. The van der Waals surface area contributed by atoms with Gasteiger partial charge in [-0.05, 0) is 38.5 Å². The predicted octanol–water partition coefficient (Wildman–Crippen LogP) is 2.85. The van der Waals surface area contributed by atoms with Crippen LogP contribution in [0.25, 0.3) is 0 Å². The molecule has 0 saturated heterocycles. The van der Waals surface area contributed by atoms with E-state index < -0.39 is 6.04 Å². The molecule has 138 valence electrons. The molecule has 2 aromatic rings. The standard InChI is InChI=1S/C21H26N2O3/c1-15-8-10-19(11-9-15)26-14-20(24)23(17(3)21(25)22-4)13-18-7-5-6-16(2)12-18/h5-12,17H,13-14H2,1-4H3,(H,22,25). The van der Waals surface area contributed by atoms with Crippen molar-refractivity contribution in [2.75, 3.05) is 13.7 Å². The first kappa shape index (κ1) is 19.5. The lowest BCUT2D eigenvalue weighted by Gasteiger charge is -2.28. The number of likely N-dealkylation sites (N-methyl/N-ethyl adjacent to an activating group) is 1. The van der Waals surface area contributed by atoms with E-state index in [9.17, 15) is 9.59 Å². The van der Waals surface area contributed by atoms with Gasteiger partial charge in [-0.15, -0.1) is 0 Å². The minimum absolute atomic E-state index is 0.115. The molecule has 0 radical (unpaired) electrons. The SMILES string of the molecule is CNC(=O)C(C)N(Cc1cccc(C)c1)C(=O)COc1ccc(C)cc1. The van der Waals surface area contributed by atoms with Gasteiger partial charge < -0.3 is 15.0 Å². The summed E-state index contributed by atoms with van der Waals surface area (Å²) in [6, 6.07) is 14.8. The van der Waals surface area contributed by atoms with Crippen LogP contribution in [0.4, 0.5) is 0 Å².